The highest BCUT2D eigenvalue weighted by molar-refractivity contribution is 14.0. The molecular formula is C23H27IN4O. The van der Waals surface area contributed by atoms with E-state index in [0.717, 1.165) is 17.1 Å². The number of aliphatic imine (C=N–C) groups is 1. The second kappa shape index (κ2) is 11.4. The lowest BCUT2D eigenvalue weighted by atomic mass is 10.1. The predicted octanol–water partition coefficient (Wildman–Crippen LogP) is 3.94. The van der Waals surface area contributed by atoms with E-state index in [1.807, 2.05) is 24.3 Å². The Bertz CT molecular complexity index is 968. The summed E-state index contributed by atoms with van der Waals surface area (Å²) in [5.41, 5.74) is 3.47. The summed E-state index contributed by atoms with van der Waals surface area (Å²) in [5, 5.41) is 6.75. The van der Waals surface area contributed by atoms with Crippen LogP contribution in [0.2, 0.25) is 0 Å². The Kier molecular flexibility index (Phi) is 8.92. The van der Waals surface area contributed by atoms with Crippen molar-refractivity contribution in [2.45, 2.75) is 26.1 Å². The highest BCUT2D eigenvalue weighted by Crippen LogP contribution is 2.11. The number of nitrogens with zero attached hydrogens (tertiary/aromatic N) is 2. The molecule has 0 amide bonds. The van der Waals surface area contributed by atoms with Gasteiger partial charge in [-0.1, -0.05) is 60.7 Å². The number of rotatable bonds is 6. The van der Waals surface area contributed by atoms with E-state index in [4.69, 9.17) is 0 Å². The van der Waals surface area contributed by atoms with Crippen molar-refractivity contribution in [3.8, 4) is 0 Å². The van der Waals surface area contributed by atoms with Crippen LogP contribution in [0.4, 0.5) is 0 Å². The largest absolute Gasteiger partial charge is 0.352 e. The molecule has 0 aliphatic heterocycles. The number of benzene rings is 2. The molecule has 6 heteroatoms. The van der Waals surface area contributed by atoms with Crippen molar-refractivity contribution in [1.29, 1.82) is 0 Å². The van der Waals surface area contributed by atoms with Gasteiger partial charge in [-0.25, -0.2) is 0 Å². The lowest BCUT2D eigenvalue weighted by Gasteiger charge is -2.18. The predicted molar refractivity (Wildman–Crippen MR) is 130 cm³/mol. The first kappa shape index (κ1) is 22.7. The molecule has 1 heterocycles. The zero-order chi connectivity index (χ0) is 19.8. The molecule has 0 fully saturated rings. The van der Waals surface area contributed by atoms with Crippen LogP contribution in [0.5, 0.6) is 0 Å². The molecule has 3 rings (SSSR count). The molecule has 1 atom stereocenters. The number of aromatic nitrogens is 1. The molecule has 0 radical (unpaired) electrons. The molecule has 0 saturated carbocycles. The molecule has 0 spiro atoms. The Morgan fingerprint density at radius 1 is 0.966 bits per heavy atom. The van der Waals surface area contributed by atoms with Crippen LogP contribution in [-0.2, 0) is 13.1 Å². The highest BCUT2D eigenvalue weighted by Gasteiger charge is 2.07. The molecular weight excluding hydrogens is 475 g/mol. The van der Waals surface area contributed by atoms with Crippen LogP contribution >= 0.6 is 24.0 Å². The van der Waals surface area contributed by atoms with Crippen molar-refractivity contribution in [2.75, 3.05) is 7.05 Å². The van der Waals surface area contributed by atoms with Gasteiger partial charge in [0.05, 0.1) is 12.6 Å². The maximum atomic E-state index is 11.8. The van der Waals surface area contributed by atoms with Gasteiger partial charge in [0.15, 0.2) is 5.96 Å². The maximum Gasteiger partial charge on any atom is 0.250 e. The van der Waals surface area contributed by atoms with E-state index < -0.39 is 0 Å². The summed E-state index contributed by atoms with van der Waals surface area (Å²) in [5.74, 6) is 0.760. The Hall–Kier alpha value is -2.61. The Balaban J connectivity index is 0.00000300. The zero-order valence-corrected chi connectivity index (χ0v) is 19.0. The van der Waals surface area contributed by atoms with Crippen LogP contribution in [-0.4, -0.2) is 17.6 Å². The van der Waals surface area contributed by atoms with Crippen LogP contribution in [0, 0.1) is 0 Å². The van der Waals surface area contributed by atoms with E-state index >= 15 is 0 Å². The number of guanidine groups is 1. The summed E-state index contributed by atoms with van der Waals surface area (Å²) < 4.78 is 1.70. The molecule has 152 valence electrons. The van der Waals surface area contributed by atoms with E-state index in [-0.39, 0.29) is 35.6 Å². The molecule has 2 N–H and O–H groups in total. The summed E-state index contributed by atoms with van der Waals surface area (Å²) in [6.07, 6.45) is 1.81. The minimum atomic E-state index is 0. The lowest BCUT2D eigenvalue weighted by molar-refractivity contribution is 0.685. The minimum Gasteiger partial charge on any atom is -0.352 e. The number of pyridine rings is 1. The van der Waals surface area contributed by atoms with Gasteiger partial charge in [0, 0.05) is 25.9 Å². The third-order valence-corrected chi connectivity index (χ3v) is 4.61. The van der Waals surface area contributed by atoms with Crippen molar-refractivity contribution in [1.82, 2.24) is 15.2 Å². The molecule has 0 bridgehead atoms. The smallest absolute Gasteiger partial charge is 0.250 e. The molecule has 3 aromatic rings. The number of halogens is 1. The highest BCUT2D eigenvalue weighted by atomic mass is 127. The molecule has 0 aliphatic carbocycles. The molecule has 0 aliphatic rings. The van der Waals surface area contributed by atoms with Crippen LogP contribution in [0.1, 0.15) is 29.7 Å². The van der Waals surface area contributed by atoms with Gasteiger partial charge < -0.3 is 15.2 Å². The fourth-order valence-electron chi connectivity index (χ4n) is 2.96. The van der Waals surface area contributed by atoms with Gasteiger partial charge in [-0.15, -0.1) is 24.0 Å². The standard InChI is InChI=1S/C23H26N4O.HI/c1-18(21-8-4-3-5-9-21)26-23(24-2)25-16-19-11-13-20(14-12-19)17-27-15-7-6-10-22(27)28;/h3-15,18H,16-17H2,1-2H3,(H2,24,25,26);1H. The molecule has 5 nitrogen and oxygen atoms in total. The molecule has 0 saturated heterocycles. The fraction of sp³-hybridized carbons (Fsp3) is 0.217. The third-order valence-electron chi connectivity index (χ3n) is 4.61. The summed E-state index contributed by atoms with van der Waals surface area (Å²) in [6, 6.07) is 23.9. The summed E-state index contributed by atoms with van der Waals surface area (Å²) in [6.45, 7) is 3.36. The third kappa shape index (κ3) is 6.74. The van der Waals surface area contributed by atoms with Gasteiger partial charge in [0.2, 0.25) is 0 Å². The monoisotopic (exact) mass is 502 g/mol. The Labute approximate surface area is 188 Å². The average Bonchev–Trinajstić information content (AvgIpc) is 2.74. The van der Waals surface area contributed by atoms with E-state index in [1.165, 1.54) is 5.56 Å². The van der Waals surface area contributed by atoms with Crippen LogP contribution in [0.15, 0.2) is 88.8 Å². The van der Waals surface area contributed by atoms with Crippen molar-refractivity contribution < 1.29 is 0 Å². The van der Waals surface area contributed by atoms with Gasteiger partial charge in [-0.3, -0.25) is 9.79 Å². The number of hydrogen-bond donors (Lipinski definition) is 2. The van der Waals surface area contributed by atoms with Crippen molar-refractivity contribution in [2.24, 2.45) is 4.99 Å². The van der Waals surface area contributed by atoms with Gasteiger partial charge in [0.25, 0.3) is 5.56 Å². The maximum absolute atomic E-state index is 11.8. The average molecular weight is 502 g/mol. The van der Waals surface area contributed by atoms with Crippen LogP contribution in [0.25, 0.3) is 0 Å². The molecule has 2 aromatic carbocycles. The number of hydrogen-bond acceptors (Lipinski definition) is 2. The van der Waals surface area contributed by atoms with Crippen molar-refractivity contribution in [3.63, 3.8) is 0 Å². The van der Waals surface area contributed by atoms with Gasteiger partial charge in [0.1, 0.15) is 0 Å². The normalized spacial score (nSPS) is 12.0. The van der Waals surface area contributed by atoms with Gasteiger partial charge >= 0.3 is 0 Å². The first-order valence-electron chi connectivity index (χ1n) is 9.41. The molecule has 29 heavy (non-hydrogen) atoms. The lowest BCUT2D eigenvalue weighted by Crippen LogP contribution is -2.38. The summed E-state index contributed by atoms with van der Waals surface area (Å²) in [4.78, 5) is 16.1. The fourth-order valence-corrected chi connectivity index (χ4v) is 2.96. The molecule has 1 aromatic heterocycles. The van der Waals surface area contributed by atoms with Gasteiger partial charge in [-0.05, 0) is 29.7 Å². The van der Waals surface area contributed by atoms with E-state index in [1.54, 1.807) is 29.9 Å². The quantitative estimate of drug-likeness (QED) is 0.305. The first-order valence-corrected chi connectivity index (χ1v) is 9.41. The SMILES string of the molecule is CN=C(NCc1ccc(Cn2ccccc2=O)cc1)NC(C)c1ccccc1.I. The molecule has 1 unspecified atom stereocenters. The van der Waals surface area contributed by atoms with E-state index in [9.17, 15) is 4.79 Å². The Morgan fingerprint density at radius 2 is 1.62 bits per heavy atom. The van der Waals surface area contributed by atoms with E-state index in [0.29, 0.717) is 13.1 Å². The second-order valence-corrected chi connectivity index (χ2v) is 6.69. The first-order chi connectivity index (χ1) is 13.7. The second-order valence-electron chi connectivity index (χ2n) is 6.69. The van der Waals surface area contributed by atoms with E-state index in [2.05, 4.69) is 58.9 Å². The summed E-state index contributed by atoms with van der Waals surface area (Å²) >= 11 is 0. The minimum absolute atomic E-state index is 0. The van der Waals surface area contributed by atoms with Gasteiger partial charge in [-0.2, -0.15) is 0 Å². The topological polar surface area (TPSA) is 58.4 Å². The van der Waals surface area contributed by atoms with Crippen molar-refractivity contribution >= 4 is 29.9 Å². The summed E-state index contributed by atoms with van der Waals surface area (Å²) in [7, 11) is 1.77. The Morgan fingerprint density at radius 3 is 2.28 bits per heavy atom. The van der Waals surface area contributed by atoms with Crippen LogP contribution in [0.3, 0.4) is 0 Å². The zero-order valence-electron chi connectivity index (χ0n) is 16.7. The van der Waals surface area contributed by atoms with Crippen LogP contribution < -0.4 is 16.2 Å². The van der Waals surface area contributed by atoms with Crippen molar-refractivity contribution in [3.05, 3.63) is 106 Å². The number of nitrogens with one attached hydrogen (secondary N) is 2.